The third-order valence-electron chi connectivity index (χ3n) is 2.15. The molecule has 0 saturated carbocycles. The van der Waals surface area contributed by atoms with Crippen molar-refractivity contribution in [1.29, 1.82) is 0 Å². The standard InChI is InChI=1S/C10H9Cl2N5O2/c1-17-15-8(14-16-17)4-19-10(18)6-2-5(13)3-7(11)9(6)12/h2-3H,4,13H2,1H3. The second kappa shape index (κ2) is 5.41. The molecular formula is C10H9Cl2N5O2. The summed E-state index contributed by atoms with van der Waals surface area (Å²) in [4.78, 5) is 13.1. The fraction of sp³-hybridized carbons (Fsp3) is 0.200. The third-order valence-corrected chi connectivity index (χ3v) is 2.95. The molecule has 0 aliphatic rings. The number of benzene rings is 1. The van der Waals surface area contributed by atoms with Crippen molar-refractivity contribution >= 4 is 34.9 Å². The number of nitrogens with two attached hydrogens (primary N) is 1. The summed E-state index contributed by atoms with van der Waals surface area (Å²) < 4.78 is 5.00. The summed E-state index contributed by atoms with van der Waals surface area (Å²) >= 11 is 11.7. The molecule has 0 radical (unpaired) electrons. The molecule has 1 heterocycles. The van der Waals surface area contributed by atoms with E-state index in [2.05, 4.69) is 15.4 Å². The second-order valence-electron chi connectivity index (χ2n) is 3.64. The summed E-state index contributed by atoms with van der Waals surface area (Å²) in [5.74, 6) is -0.381. The molecule has 0 atom stereocenters. The smallest absolute Gasteiger partial charge is 0.340 e. The normalized spacial score (nSPS) is 10.5. The molecule has 0 saturated heterocycles. The molecule has 2 aromatic rings. The Kier molecular flexibility index (Phi) is 3.87. The van der Waals surface area contributed by atoms with Crippen molar-refractivity contribution in [2.24, 2.45) is 7.05 Å². The van der Waals surface area contributed by atoms with Crippen molar-refractivity contribution in [1.82, 2.24) is 20.2 Å². The number of tetrazole rings is 1. The van der Waals surface area contributed by atoms with E-state index >= 15 is 0 Å². The number of hydrogen-bond donors (Lipinski definition) is 1. The Labute approximate surface area is 118 Å². The zero-order valence-electron chi connectivity index (χ0n) is 9.80. The second-order valence-corrected chi connectivity index (χ2v) is 4.42. The first kappa shape index (κ1) is 13.6. The molecule has 9 heteroatoms. The Hall–Kier alpha value is -1.86. The molecule has 0 amide bonds. The van der Waals surface area contributed by atoms with Gasteiger partial charge in [0.05, 0.1) is 22.7 Å². The Morgan fingerprint density at radius 1 is 1.47 bits per heavy atom. The van der Waals surface area contributed by atoms with Crippen LogP contribution in [0.5, 0.6) is 0 Å². The zero-order valence-corrected chi connectivity index (χ0v) is 11.3. The number of anilines is 1. The lowest BCUT2D eigenvalue weighted by Gasteiger charge is -2.06. The van der Waals surface area contributed by atoms with E-state index in [9.17, 15) is 4.79 Å². The summed E-state index contributed by atoms with van der Waals surface area (Å²) in [6.45, 7) is -0.116. The van der Waals surface area contributed by atoms with Crippen LogP contribution in [0.3, 0.4) is 0 Å². The predicted octanol–water partition coefficient (Wildman–Crippen LogP) is 1.46. The van der Waals surface area contributed by atoms with Gasteiger partial charge < -0.3 is 10.5 Å². The van der Waals surface area contributed by atoms with Crippen LogP contribution in [0.1, 0.15) is 16.2 Å². The fourth-order valence-electron chi connectivity index (χ4n) is 1.35. The highest BCUT2D eigenvalue weighted by molar-refractivity contribution is 6.44. The first-order valence-electron chi connectivity index (χ1n) is 5.12. The van der Waals surface area contributed by atoms with Gasteiger partial charge >= 0.3 is 5.97 Å². The van der Waals surface area contributed by atoms with E-state index in [1.165, 1.54) is 16.9 Å². The molecule has 0 fully saturated rings. The minimum absolute atomic E-state index is 0.0907. The number of carbonyl (C=O) groups is 1. The van der Waals surface area contributed by atoms with E-state index in [0.29, 0.717) is 5.69 Å². The summed E-state index contributed by atoms with van der Waals surface area (Å²) in [5.41, 5.74) is 6.00. The topological polar surface area (TPSA) is 95.9 Å². The lowest BCUT2D eigenvalue weighted by atomic mass is 10.2. The van der Waals surface area contributed by atoms with Gasteiger partial charge in [-0.05, 0) is 17.3 Å². The molecule has 0 aliphatic heterocycles. The largest absolute Gasteiger partial charge is 0.454 e. The van der Waals surface area contributed by atoms with Gasteiger partial charge in [0.15, 0.2) is 6.61 Å². The number of ether oxygens (including phenoxy) is 1. The quantitative estimate of drug-likeness (QED) is 0.681. The highest BCUT2D eigenvalue weighted by Crippen LogP contribution is 2.29. The lowest BCUT2D eigenvalue weighted by molar-refractivity contribution is 0.0462. The van der Waals surface area contributed by atoms with Crippen molar-refractivity contribution < 1.29 is 9.53 Å². The van der Waals surface area contributed by atoms with E-state index in [1.54, 1.807) is 7.05 Å². The predicted molar refractivity (Wildman–Crippen MR) is 68.8 cm³/mol. The molecule has 0 spiro atoms. The Morgan fingerprint density at radius 2 is 2.21 bits per heavy atom. The first-order chi connectivity index (χ1) is 8.97. The Bertz CT molecular complexity index is 628. The van der Waals surface area contributed by atoms with Gasteiger partial charge in [0.1, 0.15) is 0 Å². The maximum atomic E-state index is 11.8. The van der Waals surface area contributed by atoms with E-state index < -0.39 is 5.97 Å². The van der Waals surface area contributed by atoms with Gasteiger partial charge in [-0.1, -0.05) is 23.2 Å². The van der Waals surface area contributed by atoms with Gasteiger partial charge in [-0.2, -0.15) is 4.80 Å². The van der Waals surface area contributed by atoms with E-state index in [-0.39, 0.29) is 28.0 Å². The van der Waals surface area contributed by atoms with Crippen LogP contribution in [0.25, 0.3) is 0 Å². The zero-order chi connectivity index (χ0) is 14.0. The Balaban J connectivity index is 2.12. The van der Waals surface area contributed by atoms with Crippen molar-refractivity contribution in [3.63, 3.8) is 0 Å². The monoisotopic (exact) mass is 301 g/mol. The van der Waals surface area contributed by atoms with Gasteiger partial charge in [0.2, 0.25) is 5.82 Å². The van der Waals surface area contributed by atoms with Crippen molar-refractivity contribution in [3.8, 4) is 0 Å². The van der Waals surface area contributed by atoms with Crippen LogP contribution < -0.4 is 5.73 Å². The highest BCUT2D eigenvalue weighted by atomic mass is 35.5. The van der Waals surface area contributed by atoms with Gasteiger partial charge in [0, 0.05) is 5.69 Å². The van der Waals surface area contributed by atoms with E-state index in [0.717, 1.165) is 0 Å². The molecule has 0 unspecified atom stereocenters. The van der Waals surface area contributed by atoms with Gasteiger partial charge in [-0.3, -0.25) is 0 Å². The van der Waals surface area contributed by atoms with Crippen molar-refractivity contribution in [2.45, 2.75) is 6.61 Å². The van der Waals surface area contributed by atoms with Crippen LogP contribution in [0.15, 0.2) is 12.1 Å². The van der Waals surface area contributed by atoms with Crippen LogP contribution in [-0.4, -0.2) is 26.2 Å². The number of aromatic nitrogens is 4. The minimum atomic E-state index is -0.661. The summed E-state index contributed by atoms with van der Waals surface area (Å²) in [6, 6.07) is 2.84. The number of carbonyl (C=O) groups excluding carboxylic acids is 1. The van der Waals surface area contributed by atoms with E-state index in [1.807, 2.05) is 0 Å². The molecule has 100 valence electrons. The average molecular weight is 302 g/mol. The number of nitrogens with zero attached hydrogens (tertiary/aromatic N) is 4. The number of nitrogen functional groups attached to an aromatic ring is 1. The molecule has 2 N–H and O–H groups in total. The van der Waals surface area contributed by atoms with E-state index in [4.69, 9.17) is 33.7 Å². The maximum absolute atomic E-state index is 11.8. The molecule has 2 rings (SSSR count). The van der Waals surface area contributed by atoms with Crippen LogP contribution in [0.4, 0.5) is 5.69 Å². The van der Waals surface area contributed by atoms with Crippen LogP contribution in [0, 0.1) is 0 Å². The van der Waals surface area contributed by atoms with Crippen molar-refractivity contribution in [3.05, 3.63) is 33.6 Å². The lowest BCUT2D eigenvalue weighted by Crippen LogP contribution is -2.08. The highest BCUT2D eigenvalue weighted by Gasteiger charge is 2.16. The van der Waals surface area contributed by atoms with Crippen LogP contribution in [-0.2, 0) is 18.4 Å². The molecule has 1 aromatic heterocycles. The minimum Gasteiger partial charge on any atom is -0.454 e. The Morgan fingerprint density at radius 3 is 2.84 bits per heavy atom. The van der Waals surface area contributed by atoms with Crippen molar-refractivity contribution in [2.75, 3.05) is 5.73 Å². The molecule has 0 aliphatic carbocycles. The summed E-state index contributed by atoms with van der Waals surface area (Å²) in [5, 5.41) is 11.4. The molecule has 7 nitrogen and oxygen atoms in total. The molecule has 0 bridgehead atoms. The fourth-order valence-corrected chi connectivity index (χ4v) is 1.76. The van der Waals surface area contributed by atoms with Gasteiger partial charge in [-0.25, -0.2) is 4.79 Å². The van der Waals surface area contributed by atoms with Crippen LogP contribution >= 0.6 is 23.2 Å². The first-order valence-corrected chi connectivity index (χ1v) is 5.87. The van der Waals surface area contributed by atoms with Gasteiger partial charge in [-0.15, -0.1) is 10.2 Å². The number of hydrogen-bond acceptors (Lipinski definition) is 6. The number of halogens is 2. The number of rotatable bonds is 3. The average Bonchev–Trinajstić information content (AvgIpc) is 2.76. The summed E-state index contributed by atoms with van der Waals surface area (Å²) in [7, 11) is 1.60. The molecule has 1 aromatic carbocycles. The maximum Gasteiger partial charge on any atom is 0.340 e. The number of esters is 1. The third kappa shape index (κ3) is 3.12. The van der Waals surface area contributed by atoms with Crippen LogP contribution in [0.2, 0.25) is 10.0 Å². The number of aryl methyl sites for hydroxylation is 1. The molecule has 19 heavy (non-hydrogen) atoms. The van der Waals surface area contributed by atoms with Gasteiger partial charge in [0.25, 0.3) is 0 Å². The summed E-state index contributed by atoms with van der Waals surface area (Å²) in [6.07, 6.45) is 0. The SMILES string of the molecule is Cn1nnc(COC(=O)c2cc(N)cc(Cl)c2Cl)n1. The molecular weight excluding hydrogens is 293 g/mol.